The summed E-state index contributed by atoms with van der Waals surface area (Å²) >= 11 is 0. The predicted molar refractivity (Wildman–Crippen MR) is 126 cm³/mol. The number of aliphatic hydroxyl groups is 1. The molecule has 0 aromatic rings. The van der Waals surface area contributed by atoms with Crippen molar-refractivity contribution in [2.75, 3.05) is 6.61 Å². The molecule has 0 aromatic carbocycles. The summed E-state index contributed by atoms with van der Waals surface area (Å²) in [5, 5.41) is 11.7. The molecule has 4 aliphatic rings. The van der Waals surface area contributed by atoms with Crippen LogP contribution in [0.25, 0.3) is 0 Å². The molecular formula is C28H44O4. The Morgan fingerprint density at radius 1 is 1.19 bits per heavy atom. The molecule has 4 heteroatoms. The van der Waals surface area contributed by atoms with Crippen molar-refractivity contribution in [1.29, 1.82) is 0 Å². The second-order valence-electron chi connectivity index (χ2n) is 11.8. The molecule has 0 saturated heterocycles. The molecule has 0 radical (unpaired) electrons. The van der Waals surface area contributed by atoms with Crippen LogP contribution in [0.15, 0.2) is 11.6 Å². The Hall–Kier alpha value is -1.16. The summed E-state index contributed by atoms with van der Waals surface area (Å²) in [6.07, 6.45) is 10.2. The molecule has 4 rings (SSSR count). The first-order valence-electron chi connectivity index (χ1n) is 13.3. The van der Waals surface area contributed by atoms with E-state index in [1.807, 2.05) is 13.0 Å². The van der Waals surface area contributed by atoms with Gasteiger partial charge in [0.2, 0.25) is 0 Å². The van der Waals surface area contributed by atoms with Gasteiger partial charge in [-0.1, -0.05) is 33.3 Å². The Morgan fingerprint density at radius 3 is 2.62 bits per heavy atom. The second-order valence-corrected chi connectivity index (χ2v) is 11.8. The van der Waals surface area contributed by atoms with Crippen LogP contribution in [0.2, 0.25) is 0 Å². The van der Waals surface area contributed by atoms with Gasteiger partial charge in [0.15, 0.2) is 5.78 Å². The van der Waals surface area contributed by atoms with Crippen LogP contribution in [0, 0.1) is 46.3 Å². The molecule has 3 fully saturated rings. The Morgan fingerprint density at radius 2 is 1.94 bits per heavy atom. The number of hydrogen-bond acceptors (Lipinski definition) is 4. The summed E-state index contributed by atoms with van der Waals surface area (Å²) < 4.78 is 5.16. The fourth-order valence-corrected chi connectivity index (χ4v) is 8.95. The molecular weight excluding hydrogens is 400 g/mol. The van der Waals surface area contributed by atoms with Gasteiger partial charge in [0, 0.05) is 18.8 Å². The molecule has 180 valence electrons. The third kappa shape index (κ3) is 3.69. The van der Waals surface area contributed by atoms with Crippen molar-refractivity contribution in [1.82, 2.24) is 0 Å². The summed E-state index contributed by atoms with van der Waals surface area (Å²) in [5.74, 6) is 2.74. The molecule has 0 amide bonds. The van der Waals surface area contributed by atoms with Gasteiger partial charge in [0.25, 0.3) is 0 Å². The third-order valence-electron chi connectivity index (χ3n) is 10.5. The molecule has 1 N–H and O–H groups in total. The summed E-state index contributed by atoms with van der Waals surface area (Å²) in [7, 11) is 0. The molecule has 0 heterocycles. The van der Waals surface area contributed by atoms with Gasteiger partial charge in [-0.05, 0) is 98.4 Å². The fourth-order valence-electron chi connectivity index (χ4n) is 8.95. The Kier molecular flexibility index (Phi) is 6.66. The largest absolute Gasteiger partial charge is 0.466 e. The quantitative estimate of drug-likeness (QED) is 0.532. The van der Waals surface area contributed by atoms with E-state index in [1.165, 1.54) is 24.8 Å². The molecule has 32 heavy (non-hydrogen) atoms. The average Bonchev–Trinajstić information content (AvgIpc) is 3.11. The molecule has 4 aliphatic carbocycles. The van der Waals surface area contributed by atoms with Crippen molar-refractivity contribution in [2.24, 2.45) is 46.3 Å². The monoisotopic (exact) mass is 444 g/mol. The van der Waals surface area contributed by atoms with E-state index in [4.69, 9.17) is 4.74 Å². The van der Waals surface area contributed by atoms with E-state index in [9.17, 15) is 14.7 Å². The van der Waals surface area contributed by atoms with E-state index in [1.54, 1.807) is 0 Å². The van der Waals surface area contributed by atoms with Crippen LogP contribution in [0.3, 0.4) is 0 Å². The maximum absolute atomic E-state index is 12.3. The summed E-state index contributed by atoms with van der Waals surface area (Å²) in [6.45, 7) is 11.7. The van der Waals surface area contributed by atoms with E-state index in [0.717, 1.165) is 25.7 Å². The maximum Gasteiger partial charge on any atom is 0.305 e. The zero-order valence-corrected chi connectivity index (χ0v) is 20.9. The lowest BCUT2D eigenvalue weighted by Gasteiger charge is -2.62. The molecule has 0 spiro atoms. The van der Waals surface area contributed by atoms with Crippen molar-refractivity contribution in [2.45, 2.75) is 98.5 Å². The smallest absolute Gasteiger partial charge is 0.305 e. The van der Waals surface area contributed by atoms with Crippen LogP contribution < -0.4 is 0 Å². The summed E-state index contributed by atoms with van der Waals surface area (Å²) in [6, 6.07) is 0. The molecule has 0 unspecified atom stereocenters. The molecule has 0 aromatic heterocycles. The number of carbonyl (C=O) groups excluding carboxylic acids is 2. The highest BCUT2D eigenvalue weighted by atomic mass is 16.5. The lowest BCUT2D eigenvalue weighted by Crippen LogP contribution is -2.58. The van der Waals surface area contributed by atoms with Gasteiger partial charge in [-0.2, -0.15) is 0 Å². The first kappa shape index (κ1) is 24.0. The number of fused-ring (bicyclic) bond motifs is 5. The van der Waals surface area contributed by atoms with E-state index in [-0.39, 0.29) is 34.6 Å². The minimum atomic E-state index is -0.339. The van der Waals surface area contributed by atoms with Crippen LogP contribution in [0.5, 0.6) is 0 Å². The van der Waals surface area contributed by atoms with Crippen molar-refractivity contribution >= 4 is 11.8 Å². The molecule has 3 saturated carbocycles. The topological polar surface area (TPSA) is 63.6 Å². The molecule has 0 bridgehead atoms. The normalized spacial score (nSPS) is 44.2. The average molecular weight is 445 g/mol. The number of esters is 1. The van der Waals surface area contributed by atoms with E-state index >= 15 is 0 Å². The van der Waals surface area contributed by atoms with Crippen molar-refractivity contribution in [3.63, 3.8) is 0 Å². The number of aliphatic hydroxyl groups excluding tert-OH is 1. The molecule has 0 aliphatic heterocycles. The maximum atomic E-state index is 12.3. The van der Waals surface area contributed by atoms with Crippen molar-refractivity contribution < 1.29 is 19.4 Å². The third-order valence-corrected chi connectivity index (χ3v) is 10.5. The molecule has 4 nitrogen and oxygen atoms in total. The van der Waals surface area contributed by atoms with Gasteiger partial charge < -0.3 is 9.84 Å². The van der Waals surface area contributed by atoms with Gasteiger partial charge >= 0.3 is 5.97 Å². The van der Waals surface area contributed by atoms with Gasteiger partial charge in [-0.15, -0.1) is 0 Å². The van der Waals surface area contributed by atoms with Crippen LogP contribution >= 0.6 is 0 Å². The van der Waals surface area contributed by atoms with E-state index < -0.39 is 0 Å². The SMILES string of the molecule is CCOC(=O)CC[C@@H](C)[C@H]1CC[C@H]2[C@@H]3[C@H](O)[C@@H](CC)C4=CC(=O)CC[C@]4(C)[C@H]3CC[C@]12C. The first-order valence-corrected chi connectivity index (χ1v) is 13.3. The summed E-state index contributed by atoms with van der Waals surface area (Å²) in [5.41, 5.74) is 1.55. The van der Waals surface area contributed by atoms with Crippen molar-refractivity contribution in [3.05, 3.63) is 11.6 Å². The predicted octanol–water partition coefficient (Wildman–Crippen LogP) is 5.72. The standard InChI is InChI=1S/C28H44O4/c1-6-19-23-16-18(29)12-14-28(23,5)22-13-15-27(4)20(9-10-21(27)25(22)26(19)31)17(3)8-11-24(30)32-7-2/h16-17,19-22,25-26,31H,6-15H2,1-5H3/t17-,19+,20-,21+,22+,25+,26-,27-,28-/m1/s1. The minimum absolute atomic E-state index is 0.0629. The second kappa shape index (κ2) is 8.89. The number of rotatable bonds is 6. The first-order chi connectivity index (χ1) is 15.2. The minimum Gasteiger partial charge on any atom is -0.466 e. The van der Waals surface area contributed by atoms with Crippen molar-refractivity contribution in [3.8, 4) is 0 Å². The van der Waals surface area contributed by atoms with Gasteiger partial charge in [-0.25, -0.2) is 0 Å². The Balaban J connectivity index is 1.58. The number of ether oxygens (including phenoxy) is 1. The van der Waals surface area contributed by atoms with Crippen LogP contribution in [0.4, 0.5) is 0 Å². The zero-order valence-electron chi connectivity index (χ0n) is 20.9. The van der Waals surface area contributed by atoms with E-state index in [0.29, 0.717) is 49.0 Å². The lowest BCUT2D eigenvalue weighted by atomic mass is 9.43. The highest BCUT2D eigenvalue weighted by Crippen LogP contribution is 2.68. The van der Waals surface area contributed by atoms with Gasteiger partial charge in [0.1, 0.15) is 0 Å². The van der Waals surface area contributed by atoms with E-state index in [2.05, 4.69) is 27.7 Å². The van der Waals surface area contributed by atoms with Gasteiger partial charge in [-0.3, -0.25) is 9.59 Å². The zero-order chi connectivity index (χ0) is 23.3. The van der Waals surface area contributed by atoms with Crippen LogP contribution in [0.1, 0.15) is 92.4 Å². The number of carbonyl (C=O) groups is 2. The highest BCUT2D eigenvalue weighted by Gasteiger charge is 2.63. The van der Waals surface area contributed by atoms with Crippen LogP contribution in [-0.4, -0.2) is 29.6 Å². The fraction of sp³-hybridized carbons (Fsp3) is 0.857. The Bertz CT molecular complexity index is 771. The lowest BCUT2D eigenvalue weighted by molar-refractivity contribution is -0.144. The summed E-state index contributed by atoms with van der Waals surface area (Å²) in [4.78, 5) is 24.2. The number of ketones is 1. The number of hydrogen-bond donors (Lipinski definition) is 1. The van der Waals surface area contributed by atoms with Gasteiger partial charge in [0.05, 0.1) is 12.7 Å². The van der Waals surface area contributed by atoms with Crippen LogP contribution in [-0.2, 0) is 14.3 Å². The highest BCUT2D eigenvalue weighted by molar-refractivity contribution is 5.91. The molecule has 9 atom stereocenters. The Labute approximate surface area is 194 Å².